The molecule has 0 aliphatic carbocycles. The van der Waals surface area contributed by atoms with Gasteiger partial charge in [-0.05, 0) is 37.8 Å². The van der Waals surface area contributed by atoms with Crippen molar-refractivity contribution in [1.29, 1.82) is 0 Å². The van der Waals surface area contributed by atoms with E-state index in [1.807, 2.05) is 0 Å². The zero-order chi connectivity index (χ0) is 11.3. The Kier molecular flexibility index (Phi) is 5.62. The number of hydrogen-bond donors (Lipinski definition) is 1. The van der Waals surface area contributed by atoms with Crippen molar-refractivity contribution in [3.8, 4) is 0 Å². The summed E-state index contributed by atoms with van der Waals surface area (Å²) in [6.45, 7) is 14.2. The molecule has 0 saturated carbocycles. The lowest BCUT2D eigenvalue weighted by Gasteiger charge is -2.28. The zero-order valence-electron chi connectivity index (χ0n) is 10.9. The third-order valence-corrected chi connectivity index (χ3v) is 3.31. The molecule has 1 aliphatic rings. The maximum absolute atomic E-state index is 3.63. The molecule has 2 nitrogen and oxygen atoms in total. The van der Waals surface area contributed by atoms with E-state index >= 15 is 0 Å². The number of hydrogen-bond acceptors (Lipinski definition) is 2. The Balaban J connectivity index is 2.35. The van der Waals surface area contributed by atoms with Crippen LogP contribution in [-0.2, 0) is 0 Å². The minimum absolute atomic E-state index is 0.732. The Morgan fingerprint density at radius 3 is 2.60 bits per heavy atom. The third-order valence-electron chi connectivity index (χ3n) is 3.31. The molecule has 0 amide bonds. The molecule has 0 radical (unpaired) electrons. The SMILES string of the molecule is CCCN(CC(C)C)C[C@@H]1NCCC1C. The predicted molar refractivity (Wildman–Crippen MR) is 67.1 cm³/mol. The van der Waals surface area contributed by atoms with Crippen molar-refractivity contribution in [3.05, 3.63) is 0 Å². The highest BCUT2D eigenvalue weighted by atomic mass is 15.2. The van der Waals surface area contributed by atoms with Gasteiger partial charge in [0.15, 0.2) is 0 Å². The van der Waals surface area contributed by atoms with Crippen molar-refractivity contribution in [2.24, 2.45) is 11.8 Å². The van der Waals surface area contributed by atoms with Crippen molar-refractivity contribution in [2.45, 2.75) is 46.6 Å². The van der Waals surface area contributed by atoms with E-state index < -0.39 is 0 Å². The monoisotopic (exact) mass is 212 g/mol. The fourth-order valence-electron chi connectivity index (χ4n) is 2.51. The lowest BCUT2D eigenvalue weighted by atomic mass is 10.0. The molecule has 2 heteroatoms. The number of rotatable bonds is 6. The van der Waals surface area contributed by atoms with Gasteiger partial charge in [-0.15, -0.1) is 0 Å². The molecule has 0 aromatic rings. The summed E-state index contributed by atoms with van der Waals surface area (Å²) >= 11 is 0. The fraction of sp³-hybridized carbons (Fsp3) is 1.00. The molecule has 1 aliphatic heterocycles. The van der Waals surface area contributed by atoms with Gasteiger partial charge in [0, 0.05) is 19.1 Å². The van der Waals surface area contributed by atoms with Gasteiger partial charge in [-0.25, -0.2) is 0 Å². The molecule has 1 saturated heterocycles. The molecule has 0 aromatic carbocycles. The summed E-state index contributed by atoms with van der Waals surface area (Å²) in [7, 11) is 0. The second kappa shape index (κ2) is 6.49. The van der Waals surface area contributed by atoms with Gasteiger partial charge in [0.2, 0.25) is 0 Å². The second-order valence-electron chi connectivity index (χ2n) is 5.48. The third kappa shape index (κ3) is 4.52. The maximum atomic E-state index is 3.63. The Morgan fingerprint density at radius 1 is 1.40 bits per heavy atom. The van der Waals surface area contributed by atoms with Crippen LogP contribution in [0, 0.1) is 11.8 Å². The van der Waals surface area contributed by atoms with Crippen molar-refractivity contribution < 1.29 is 0 Å². The van der Waals surface area contributed by atoms with Crippen LogP contribution in [0.2, 0.25) is 0 Å². The molecular weight excluding hydrogens is 184 g/mol. The minimum atomic E-state index is 0.732. The summed E-state index contributed by atoms with van der Waals surface area (Å²) < 4.78 is 0. The van der Waals surface area contributed by atoms with E-state index in [4.69, 9.17) is 0 Å². The van der Waals surface area contributed by atoms with E-state index in [-0.39, 0.29) is 0 Å². The summed E-state index contributed by atoms with van der Waals surface area (Å²) in [6.07, 6.45) is 2.63. The van der Waals surface area contributed by atoms with Crippen molar-refractivity contribution in [3.63, 3.8) is 0 Å². The molecular formula is C13H28N2. The maximum Gasteiger partial charge on any atom is 0.0221 e. The van der Waals surface area contributed by atoms with E-state index in [0.29, 0.717) is 0 Å². The van der Waals surface area contributed by atoms with Crippen LogP contribution in [0.4, 0.5) is 0 Å². The molecule has 1 heterocycles. The van der Waals surface area contributed by atoms with E-state index in [0.717, 1.165) is 17.9 Å². The molecule has 1 N–H and O–H groups in total. The zero-order valence-corrected chi connectivity index (χ0v) is 10.9. The fourth-order valence-corrected chi connectivity index (χ4v) is 2.51. The summed E-state index contributed by atoms with van der Waals surface area (Å²) in [5, 5.41) is 3.63. The molecule has 1 fully saturated rings. The highest BCUT2D eigenvalue weighted by Crippen LogP contribution is 2.16. The summed E-state index contributed by atoms with van der Waals surface area (Å²) in [5.74, 6) is 1.64. The Hall–Kier alpha value is -0.0800. The van der Waals surface area contributed by atoms with Crippen LogP contribution < -0.4 is 5.32 Å². The lowest BCUT2D eigenvalue weighted by molar-refractivity contribution is 0.212. The summed E-state index contributed by atoms with van der Waals surface area (Å²) in [5.41, 5.74) is 0. The average molecular weight is 212 g/mol. The molecule has 1 rings (SSSR count). The molecule has 0 aromatic heterocycles. The quantitative estimate of drug-likeness (QED) is 0.727. The van der Waals surface area contributed by atoms with E-state index in [9.17, 15) is 0 Å². The Bertz CT molecular complexity index is 168. The van der Waals surface area contributed by atoms with Crippen LogP contribution in [0.15, 0.2) is 0 Å². The van der Waals surface area contributed by atoms with Gasteiger partial charge in [-0.3, -0.25) is 0 Å². The lowest BCUT2D eigenvalue weighted by Crippen LogP contribution is -2.41. The number of nitrogens with zero attached hydrogens (tertiary/aromatic N) is 1. The molecule has 0 bridgehead atoms. The van der Waals surface area contributed by atoms with Gasteiger partial charge in [0.1, 0.15) is 0 Å². The molecule has 15 heavy (non-hydrogen) atoms. The van der Waals surface area contributed by atoms with Gasteiger partial charge >= 0.3 is 0 Å². The van der Waals surface area contributed by atoms with E-state index in [1.165, 1.54) is 39.0 Å². The first-order valence-electron chi connectivity index (χ1n) is 6.59. The normalized spacial score (nSPS) is 26.8. The highest BCUT2D eigenvalue weighted by molar-refractivity contribution is 4.83. The summed E-state index contributed by atoms with van der Waals surface area (Å²) in [4.78, 5) is 2.63. The second-order valence-corrected chi connectivity index (χ2v) is 5.48. The van der Waals surface area contributed by atoms with Crippen molar-refractivity contribution in [2.75, 3.05) is 26.2 Å². The van der Waals surface area contributed by atoms with Gasteiger partial charge in [0.25, 0.3) is 0 Å². The highest BCUT2D eigenvalue weighted by Gasteiger charge is 2.24. The molecule has 1 unspecified atom stereocenters. The largest absolute Gasteiger partial charge is 0.312 e. The van der Waals surface area contributed by atoms with Crippen LogP contribution >= 0.6 is 0 Å². The smallest absolute Gasteiger partial charge is 0.0221 e. The van der Waals surface area contributed by atoms with Crippen LogP contribution in [0.3, 0.4) is 0 Å². The Labute approximate surface area is 95.4 Å². The van der Waals surface area contributed by atoms with Crippen LogP contribution in [0.1, 0.15) is 40.5 Å². The van der Waals surface area contributed by atoms with Gasteiger partial charge in [0.05, 0.1) is 0 Å². The van der Waals surface area contributed by atoms with Crippen LogP contribution in [0.25, 0.3) is 0 Å². The van der Waals surface area contributed by atoms with E-state index in [2.05, 4.69) is 37.9 Å². The minimum Gasteiger partial charge on any atom is -0.312 e. The molecule has 90 valence electrons. The molecule has 2 atom stereocenters. The van der Waals surface area contributed by atoms with Gasteiger partial charge in [-0.2, -0.15) is 0 Å². The topological polar surface area (TPSA) is 15.3 Å². The standard InChI is InChI=1S/C13H28N2/c1-5-8-15(9-11(2)3)10-13-12(4)6-7-14-13/h11-14H,5-10H2,1-4H3/t12?,13-/m0/s1. The number of nitrogens with one attached hydrogen (secondary N) is 1. The van der Waals surface area contributed by atoms with Gasteiger partial charge in [-0.1, -0.05) is 27.7 Å². The van der Waals surface area contributed by atoms with Crippen molar-refractivity contribution >= 4 is 0 Å². The van der Waals surface area contributed by atoms with Crippen molar-refractivity contribution in [1.82, 2.24) is 10.2 Å². The average Bonchev–Trinajstić information content (AvgIpc) is 2.51. The Morgan fingerprint density at radius 2 is 2.13 bits per heavy atom. The van der Waals surface area contributed by atoms with Gasteiger partial charge < -0.3 is 10.2 Å². The predicted octanol–water partition coefficient (Wildman–Crippen LogP) is 2.35. The van der Waals surface area contributed by atoms with E-state index in [1.54, 1.807) is 0 Å². The first-order chi connectivity index (χ1) is 7.13. The van der Waals surface area contributed by atoms with Crippen LogP contribution in [-0.4, -0.2) is 37.1 Å². The first-order valence-corrected chi connectivity index (χ1v) is 6.59. The first kappa shape index (κ1) is 13.0. The summed E-state index contributed by atoms with van der Waals surface area (Å²) in [6, 6.07) is 0.732. The molecule has 0 spiro atoms. The van der Waals surface area contributed by atoms with Crippen LogP contribution in [0.5, 0.6) is 0 Å².